The van der Waals surface area contributed by atoms with Gasteiger partial charge in [0, 0.05) is 26.8 Å². The van der Waals surface area contributed by atoms with E-state index in [2.05, 4.69) is 113 Å². The second-order valence-corrected chi connectivity index (χ2v) is 11.7. The highest BCUT2D eigenvalue weighted by molar-refractivity contribution is 8.05. The summed E-state index contributed by atoms with van der Waals surface area (Å²) in [4.78, 5) is 2.05. The summed E-state index contributed by atoms with van der Waals surface area (Å²) in [5.74, 6) is 0. The number of allylic oxidation sites excluding steroid dienone is 1. The first-order valence-corrected chi connectivity index (χ1v) is 14.6. The van der Waals surface area contributed by atoms with E-state index in [1.54, 1.807) is 11.8 Å². The highest BCUT2D eigenvalue weighted by Crippen LogP contribution is 2.49. The molecular formula is C37H23N3S. The van der Waals surface area contributed by atoms with E-state index in [9.17, 15) is 0 Å². The molecule has 4 heteroatoms. The summed E-state index contributed by atoms with van der Waals surface area (Å²) in [5.41, 5.74) is 14.7. The average Bonchev–Trinajstić information content (AvgIpc) is 3.49. The smallest absolute Gasteiger partial charge is 0.0784 e. The molecule has 0 unspecified atom stereocenters. The topological polar surface area (TPSA) is 40.8 Å². The van der Waals surface area contributed by atoms with Crippen LogP contribution >= 0.6 is 11.8 Å². The SMILES string of the molecule is N=C1/C(=C(\Nn2c3cccc4c3c3c(cccc32)-c2cccc3cccc-4c23)c2ccccc2)Sc2ccccc21. The number of thioether (sulfide) groups is 1. The summed E-state index contributed by atoms with van der Waals surface area (Å²) >= 11 is 1.67. The summed E-state index contributed by atoms with van der Waals surface area (Å²) in [7, 11) is 0. The van der Waals surface area contributed by atoms with Crippen molar-refractivity contribution in [3.05, 3.63) is 143 Å². The van der Waals surface area contributed by atoms with E-state index in [4.69, 9.17) is 5.41 Å². The normalized spacial score (nSPS) is 14.6. The van der Waals surface area contributed by atoms with Crippen molar-refractivity contribution in [3.63, 3.8) is 0 Å². The van der Waals surface area contributed by atoms with Crippen molar-refractivity contribution in [2.45, 2.75) is 4.90 Å². The first kappa shape index (κ1) is 22.7. The first-order chi connectivity index (χ1) is 20.3. The van der Waals surface area contributed by atoms with Crippen molar-refractivity contribution >= 4 is 55.7 Å². The number of nitrogens with zero attached hydrogens (tertiary/aromatic N) is 1. The predicted octanol–water partition coefficient (Wildman–Crippen LogP) is 9.68. The minimum absolute atomic E-state index is 0.556. The molecule has 3 nitrogen and oxygen atoms in total. The molecule has 1 aromatic heterocycles. The predicted molar refractivity (Wildman–Crippen MR) is 173 cm³/mol. The van der Waals surface area contributed by atoms with Crippen molar-refractivity contribution in [2.75, 3.05) is 5.43 Å². The van der Waals surface area contributed by atoms with Crippen molar-refractivity contribution < 1.29 is 0 Å². The van der Waals surface area contributed by atoms with Gasteiger partial charge in [-0.05, 0) is 51.2 Å². The number of rotatable bonds is 3. The van der Waals surface area contributed by atoms with Crippen molar-refractivity contribution in [2.24, 2.45) is 0 Å². The molecule has 1 aliphatic heterocycles. The fraction of sp³-hybridized carbons (Fsp3) is 0. The lowest BCUT2D eigenvalue weighted by Crippen LogP contribution is -2.16. The van der Waals surface area contributed by atoms with E-state index in [0.29, 0.717) is 5.71 Å². The van der Waals surface area contributed by atoms with Gasteiger partial charge in [-0.2, -0.15) is 0 Å². The zero-order valence-electron chi connectivity index (χ0n) is 22.0. The monoisotopic (exact) mass is 541 g/mol. The molecule has 2 heterocycles. The van der Waals surface area contributed by atoms with Crippen LogP contribution in [0.3, 0.4) is 0 Å². The van der Waals surface area contributed by atoms with Crippen LogP contribution in [0.4, 0.5) is 0 Å². The zero-order chi connectivity index (χ0) is 27.1. The van der Waals surface area contributed by atoms with E-state index in [0.717, 1.165) is 37.7 Å². The Morgan fingerprint density at radius 2 is 1.07 bits per heavy atom. The molecular weight excluding hydrogens is 518 g/mol. The van der Waals surface area contributed by atoms with Crippen LogP contribution in [-0.2, 0) is 0 Å². The van der Waals surface area contributed by atoms with Crippen LogP contribution in [0.25, 0.3) is 60.5 Å². The van der Waals surface area contributed by atoms with Gasteiger partial charge < -0.3 is 0 Å². The quantitative estimate of drug-likeness (QED) is 0.234. The van der Waals surface area contributed by atoms with Gasteiger partial charge in [0.15, 0.2) is 0 Å². The average molecular weight is 542 g/mol. The van der Waals surface area contributed by atoms with Crippen molar-refractivity contribution in [3.8, 4) is 22.3 Å². The standard InChI is InChI=1S/C37H23N3S/c38-35-28-14-4-5-21-31(28)41-37(35)36(23-10-2-1-3-11-23)39-40-29-19-8-17-26-24-15-6-12-22-13-7-16-25(32(22)24)27-18-9-20-30(40)34(27)33(26)29/h1-21,38-39H/b37-36+,38-35?. The van der Waals surface area contributed by atoms with Crippen LogP contribution in [0.2, 0.25) is 0 Å². The number of hydrogen-bond donors (Lipinski definition) is 2. The van der Waals surface area contributed by atoms with Gasteiger partial charge in [-0.25, -0.2) is 0 Å². The van der Waals surface area contributed by atoms with Gasteiger partial charge in [-0.3, -0.25) is 15.5 Å². The molecule has 6 aromatic carbocycles. The Morgan fingerprint density at radius 1 is 0.537 bits per heavy atom. The third kappa shape index (κ3) is 3.14. The molecule has 9 rings (SSSR count). The Bertz CT molecular complexity index is 2180. The second kappa shape index (κ2) is 8.47. The largest absolute Gasteiger partial charge is 0.299 e. The molecule has 0 fully saturated rings. The van der Waals surface area contributed by atoms with Gasteiger partial charge in [0.05, 0.1) is 27.3 Å². The van der Waals surface area contributed by atoms with Gasteiger partial charge in [0.25, 0.3) is 0 Å². The van der Waals surface area contributed by atoms with Gasteiger partial charge in [0.1, 0.15) is 0 Å². The fourth-order valence-electron chi connectivity index (χ4n) is 6.65. The van der Waals surface area contributed by atoms with E-state index in [1.165, 1.54) is 43.8 Å². The molecule has 1 aliphatic carbocycles. The lowest BCUT2D eigenvalue weighted by Gasteiger charge is -2.18. The maximum atomic E-state index is 9.15. The minimum Gasteiger partial charge on any atom is -0.299 e. The number of benzene rings is 6. The van der Waals surface area contributed by atoms with Gasteiger partial charge in [0.2, 0.25) is 0 Å². The number of hydrogen-bond acceptors (Lipinski definition) is 3. The molecule has 0 amide bonds. The van der Waals surface area contributed by atoms with E-state index in [-0.39, 0.29) is 0 Å². The van der Waals surface area contributed by atoms with Crippen molar-refractivity contribution in [1.29, 1.82) is 5.41 Å². The Kier molecular flexibility index (Phi) is 4.69. The minimum atomic E-state index is 0.556. The maximum absolute atomic E-state index is 9.15. The first-order valence-electron chi connectivity index (χ1n) is 13.8. The van der Waals surface area contributed by atoms with E-state index < -0.39 is 0 Å². The summed E-state index contributed by atoms with van der Waals surface area (Å²) in [6.07, 6.45) is 0. The van der Waals surface area contributed by atoms with E-state index >= 15 is 0 Å². The Balaban J connectivity index is 1.36. The molecule has 0 saturated heterocycles. The molecule has 0 bridgehead atoms. The van der Waals surface area contributed by atoms with Crippen LogP contribution in [0, 0.1) is 5.41 Å². The summed E-state index contributed by atoms with van der Waals surface area (Å²) < 4.78 is 2.23. The number of aromatic nitrogens is 1. The molecule has 0 radical (unpaired) electrons. The molecule has 0 atom stereocenters. The lowest BCUT2D eigenvalue weighted by atomic mass is 9.93. The lowest BCUT2D eigenvalue weighted by molar-refractivity contribution is 1.06. The zero-order valence-corrected chi connectivity index (χ0v) is 22.8. The van der Waals surface area contributed by atoms with Crippen LogP contribution in [0.1, 0.15) is 11.1 Å². The number of fused-ring (bicyclic) bond motifs is 3. The van der Waals surface area contributed by atoms with Crippen LogP contribution < -0.4 is 5.43 Å². The second-order valence-electron chi connectivity index (χ2n) is 10.6. The van der Waals surface area contributed by atoms with Gasteiger partial charge in [-0.15, -0.1) is 0 Å². The van der Waals surface area contributed by atoms with Crippen LogP contribution in [0.15, 0.2) is 137 Å². The molecule has 2 N–H and O–H groups in total. The Morgan fingerprint density at radius 3 is 1.71 bits per heavy atom. The summed E-state index contributed by atoms with van der Waals surface area (Å²) in [6.45, 7) is 0. The summed E-state index contributed by atoms with van der Waals surface area (Å²) in [6, 6.07) is 45.2. The molecule has 0 saturated carbocycles. The molecule has 0 spiro atoms. The summed E-state index contributed by atoms with van der Waals surface area (Å²) in [5, 5.41) is 14.2. The molecule has 41 heavy (non-hydrogen) atoms. The maximum Gasteiger partial charge on any atom is 0.0784 e. The third-order valence-electron chi connectivity index (χ3n) is 8.41. The Hall–Kier alpha value is -5.06. The molecule has 192 valence electrons. The fourth-order valence-corrected chi connectivity index (χ4v) is 7.78. The van der Waals surface area contributed by atoms with Crippen molar-refractivity contribution in [1.82, 2.24) is 4.68 Å². The highest BCUT2D eigenvalue weighted by Gasteiger charge is 2.28. The van der Waals surface area contributed by atoms with Crippen LogP contribution in [0.5, 0.6) is 0 Å². The molecule has 7 aromatic rings. The van der Waals surface area contributed by atoms with Crippen LogP contribution in [-0.4, -0.2) is 10.4 Å². The highest BCUT2D eigenvalue weighted by atomic mass is 32.2. The number of nitrogens with one attached hydrogen (secondary N) is 2. The third-order valence-corrected chi connectivity index (χ3v) is 9.60. The van der Waals surface area contributed by atoms with Gasteiger partial charge >= 0.3 is 0 Å². The van der Waals surface area contributed by atoms with Gasteiger partial charge in [-0.1, -0.05) is 121 Å². The Labute approximate surface area is 241 Å². The van der Waals surface area contributed by atoms with E-state index in [1.807, 2.05) is 24.3 Å². The molecule has 2 aliphatic rings.